The summed E-state index contributed by atoms with van der Waals surface area (Å²) in [5.74, 6) is 5.22. The van der Waals surface area contributed by atoms with Gasteiger partial charge in [0.2, 0.25) is 0 Å². The first kappa shape index (κ1) is 12.9. The summed E-state index contributed by atoms with van der Waals surface area (Å²) in [6.07, 6.45) is -4.47. The molecule has 1 aliphatic heterocycles. The number of pyridine rings is 1. The lowest BCUT2D eigenvalue weighted by molar-refractivity contribution is -0.137. The van der Waals surface area contributed by atoms with Gasteiger partial charge in [-0.1, -0.05) is 0 Å². The van der Waals surface area contributed by atoms with Gasteiger partial charge in [0.25, 0.3) is 0 Å². The van der Waals surface area contributed by atoms with Crippen molar-refractivity contribution in [2.75, 3.05) is 23.4 Å². The predicted molar refractivity (Wildman–Crippen MR) is 59.9 cm³/mol. The summed E-state index contributed by atoms with van der Waals surface area (Å²) in [4.78, 5) is 5.56. The van der Waals surface area contributed by atoms with Crippen LogP contribution in [0, 0.1) is 0 Å². The van der Waals surface area contributed by atoms with E-state index in [0.29, 0.717) is 13.0 Å². The SMILES string of the molecule is NNc1cc(C(F)(F)F)cc(N2CCC(O)C2)n1. The van der Waals surface area contributed by atoms with Crippen LogP contribution in [-0.4, -0.2) is 29.3 Å². The number of aliphatic hydroxyl groups is 1. The number of anilines is 2. The molecule has 18 heavy (non-hydrogen) atoms. The number of hydrazine groups is 1. The van der Waals surface area contributed by atoms with Gasteiger partial charge < -0.3 is 15.4 Å². The van der Waals surface area contributed by atoms with E-state index in [1.54, 1.807) is 4.90 Å². The summed E-state index contributed by atoms with van der Waals surface area (Å²) >= 11 is 0. The number of nitrogens with two attached hydrogens (primary N) is 1. The summed E-state index contributed by atoms with van der Waals surface area (Å²) in [6.45, 7) is 0.748. The molecule has 2 rings (SSSR count). The van der Waals surface area contributed by atoms with Crippen LogP contribution < -0.4 is 16.2 Å². The average Bonchev–Trinajstić information content (AvgIpc) is 2.74. The third-order valence-corrected chi connectivity index (χ3v) is 2.77. The Morgan fingerprint density at radius 1 is 1.44 bits per heavy atom. The molecule has 1 saturated heterocycles. The van der Waals surface area contributed by atoms with Crippen LogP contribution in [-0.2, 0) is 6.18 Å². The monoisotopic (exact) mass is 262 g/mol. The van der Waals surface area contributed by atoms with Gasteiger partial charge in [-0.25, -0.2) is 10.8 Å². The molecule has 1 fully saturated rings. The summed E-state index contributed by atoms with van der Waals surface area (Å²) in [5.41, 5.74) is 1.30. The number of hydrogen-bond donors (Lipinski definition) is 3. The second-order valence-electron chi connectivity index (χ2n) is 4.13. The van der Waals surface area contributed by atoms with E-state index >= 15 is 0 Å². The van der Waals surface area contributed by atoms with Crippen LogP contribution in [0.15, 0.2) is 12.1 Å². The zero-order valence-corrected chi connectivity index (χ0v) is 9.41. The lowest BCUT2D eigenvalue weighted by Crippen LogP contribution is -2.24. The first-order valence-electron chi connectivity index (χ1n) is 5.39. The number of nitrogens with zero attached hydrogens (tertiary/aromatic N) is 2. The van der Waals surface area contributed by atoms with Crippen LogP contribution in [0.3, 0.4) is 0 Å². The highest BCUT2D eigenvalue weighted by molar-refractivity contribution is 5.51. The standard InChI is InChI=1S/C10H13F3N4O/c11-10(12,13)6-3-8(16-14)15-9(4-6)17-2-1-7(18)5-17/h3-4,7,18H,1-2,5,14H2,(H,15,16). The summed E-state index contributed by atoms with van der Waals surface area (Å²) in [5, 5.41) is 9.38. The molecule has 0 amide bonds. The lowest BCUT2D eigenvalue weighted by atomic mass is 10.2. The highest BCUT2D eigenvalue weighted by atomic mass is 19.4. The quantitative estimate of drug-likeness (QED) is 0.547. The Kier molecular flexibility index (Phi) is 3.31. The number of rotatable bonds is 2. The fourth-order valence-electron chi connectivity index (χ4n) is 1.87. The first-order chi connectivity index (χ1) is 8.40. The van der Waals surface area contributed by atoms with Crippen molar-refractivity contribution in [2.24, 2.45) is 5.84 Å². The van der Waals surface area contributed by atoms with Crippen molar-refractivity contribution >= 4 is 11.6 Å². The third-order valence-electron chi connectivity index (χ3n) is 2.77. The van der Waals surface area contributed by atoms with Gasteiger partial charge in [0, 0.05) is 13.1 Å². The molecule has 0 radical (unpaired) electrons. The van der Waals surface area contributed by atoms with E-state index in [4.69, 9.17) is 5.84 Å². The highest BCUT2D eigenvalue weighted by Gasteiger charge is 2.33. The van der Waals surface area contributed by atoms with Crippen molar-refractivity contribution in [3.8, 4) is 0 Å². The minimum Gasteiger partial charge on any atom is -0.391 e. The molecule has 4 N–H and O–H groups in total. The van der Waals surface area contributed by atoms with E-state index in [1.165, 1.54) is 0 Å². The van der Waals surface area contributed by atoms with E-state index in [9.17, 15) is 18.3 Å². The Morgan fingerprint density at radius 3 is 2.67 bits per heavy atom. The molecule has 0 aromatic carbocycles. The molecule has 0 bridgehead atoms. The Morgan fingerprint density at radius 2 is 2.17 bits per heavy atom. The summed E-state index contributed by atoms with van der Waals surface area (Å²) in [6, 6.07) is 1.80. The predicted octanol–water partition coefficient (Wildman–Crippen LogP) is 0.957. The van der Waals surface area contributed by atoms with Crippen molar-refractivity contribution in [2.45, 2.75) is 18.7 Å². The largest absolute Gasteiger partial charge is 0.416 e. The molecular weight excluding hydrogens is 249 g/mol. The Bertz CT molecular complexity index is 438. The van der Waals surface area contributed by atoms with Crippen LogP contribution in [0.25, 0.3) is 0 Å². The van der Waals surface area contributed by atoms with Gasteiger partial charge in [0.15, 0.2) is 0 Å². The van der Waals surface area contributed by atoms with Crippen molar-refractivity contribution in [3.63, 3.8) is 0 Å². The van der Waals surface area contributed by atoms with E-state index in [-0.39, 0.29) is 18.2 Å². The highest BCUT2D eigenvalue weighted by Crippen LogP contribution is 2.33. The van der Waals surface area contributed by atoms with Crippen LogP contribution in [0.5, 0.6) is 0 Å². The molecule has 1 unspecified atom stereocenters. The fourth-order valence-corrected chi connectivity index (χ4v) is 1.87. The summed E-state index contributed by atoms with van der Waals surface area (Å²) in [7, 11) is 0. The first-order valence-corrected chi connectivity index (χ1v) is 5.39. The van der Waals surface area contributed by atoms with Gasteiger partial charge in [-0.2, -0.15) is 13.2 Å². The second kappa shape index (κ2) is 4.62. The number of aromatic nitrogens is 1. The molecule has 100 valence electrons. The molecular formula is C10H13F3N4O. The third kappa shape index (κ3) is 2.65. The molecule has 1 aromatic heterocycles. The van der Waals surface area contributed by atoms with Gasteiger partial charge >= 0.3 is 6.18 Å². The molecule has 0 spiro atoms. The number of nitrogens with one attached hydrogen (secondary N) is 1. The van der Waals surface area contributed by atoms with Gasteiger partial charge in [0.05, 0.1) is 11.7 Å². The van der Waals surface area contributed by atoms with E-state index in [0.717, 1.165) is 12.1 Å². The van der Waals surface area contributed by atoms with Crippen LogP contribution in [0.1, 0.15) is 12.0 Å². The molecule has 2 heterocycles. The molecule has 1 aromatic rings. The number of β-amino-alcohol motifs (C(OH)–C–C–N with tert-alkyl or cyclic N) is 1. The van der Waals surface area contributed by atoms with Crippen molar-refractivity contribution in [1.29, 1.82) is 0 Å². The number of hydrogen-bond acceptors (Lipinski definition) is 5. The zero-order valence-electron chi connectivity index (χ0n) is 9.41. The average molecular weight is 262 g/mol. The zero-order chi connectivity index (χ0) is 13.3. The smallest absolute Gasteiger partial charge is 0.391 e. The Hall–Kier alpha value is -1.54. The van der Waals surface area contributed by atoms with Gasteiger partial charge in [0.1, 0.15) is 11.6 Å². The second-order valence-corrected chi connectivity index (χ2v) is 4.13. The van der Waals surface area contributed by atoms with Crippen molar-refractivity contribution in [3.05, 3.63) is 17.7 Å². The number of halogens is 3. The molecule has 1 aliphatic rings. The van der Waals surface area contributed by atoms with Crippen LogP contribution in [0.2, 0.25) is 0 Å². The van der Waals surface area contributed by atoms with Gasteiger partial charge in [-0.15, -0.1) is 0 Å². The number of aliphatic hydroxyl groups excluding tert-OH is 1. The molecule has 5 nitrogen and oxygen atoms in total. The van der Waals surface area contributed by atoms with Crippen molar-refractivity contribution < 1.29 is 18.3 Å². The minimum absolute atomic E-state index is 0.0544. The van der Waals surface area contributed by atoms with Gasteiger partial charge in [-0.05, 0) is 18.6 Å². The minimum atomic E-state index is -4.46. The van der Waals surface area contributed by atoms with Crippen molar-refractivity contribution in [1.82, 2.24) is 4.98 Å². The normalized spacial score (nSPS) is 20.3. The summed E-state index contributed by atoms with van der Waals surface area (Å²) < 4.78 is 38.1. The molecule has 1 atom stereocenters. The van der Waals surface area contributed by atoms with Crippen LogP contribution in [0.4, 0.5) is 24.8 Å². The Balaban J connectivity index is 2.35. The number of nitrogen functional groups attached to an aromatic ring is 1. The number of alkyl halides is 3. The molecule has 8 heteroatoms. The Labute approximate surface area is 101 Å². The van der Waals surface area contributed by atoms with E-state index in [2.05, 4.69) is 10.4 Å². The molecule has 0 aliphatic carbocycles. The van der Waals surface area contributed by atoms with E-state index < -0.39 is 17.8 Å². The maximum atomic E-state index is 12.7. The van der Waals surface area contributed by atoms with Gasteiger partial charge in [-0.3, -0.25) is 0 Å². The van der Waals surface area contributed by atoms with Crippen LogP contribution >= 0.6 is 0 Å². The lowest BCUT2D eigenvalue weighted by Gasteiger charge is -2.19. The maximum Gasteiger partial charge on any atom is 0.416 e. The topological polar surface area (TPSA) is 74.4 Å². The fraction of sp³-hybridized carbons (Fsp3) is 0.500. The maximum absolute atomic E-state index is 12.7. The van der Waals surface area contributed by atoms with E-state index in [1.807, 2.05) is 0 Å². The molecule has 0 saturated carbocycles.